The molecule has 112 valence electrons. The predicted octanol–water partition coefficient (Wildman–Crippen LogP) is 3.99. The molecule has 0 saturated carbocycles. The van der Waals surface area contributed by atoms with E-state index in [2.05, 4.69) is 25.7 Å². The Labute approximate surface area is 126 Å². The van der Waals surface area contributed by atoms with E-state index < -0.39 is 6.36 Å². The van der Waals surface area contributed by atoms with E-state index in [1.54, 1.807) is 12.1 Å². The van der Waals surface area contributed by atoms with Gasteiger partial charge in [-0.2, -0.15) is 0 Å². The maximum Gasteiger partial charge on any atom is 0.573 e. The van der Waals surface area contributed by atoms with Crippen LogP contribution in [0.5, 0.6) is 17.4 Å². The molecule has 0 fully saturated rings. The van der Waals surface area contributed by atoms with Crippen LogP contribution in [0.1, 0.15) is 5.56 Å². The van der Waals surface area contributed by atoms with Crippen LogP contribution in [0.2, 0.25) is 0 Å². The lowest BCUT2D eigenvalue weighted by molar-refractivity contribution is -0.274. The van der Waals surface area contributed by atoms with E-state index in [0.29, 0.717) is 17.2 Å². The van der Waals surface area contributed by atoms with Crippen molar-refractivity contribution in [3.8, 4) is 17.4 Å². The van der Waals surface area contributed by atoms with Crippen molar-refractivity contribution in [2.75, 3.05) is 0 Å². The molecule has 0 unspecified atom stereocenters. The molecule has 0 aliphatic carbocycles. The Hall–Kier alpha value is -1.80. The molecule has 0 saturated heterocycles. The fourth-order valence-electron chi connectivity index (χ4n) is 1.54. The number of hydrogen-bond donors (Lipinski definition) is 1. The van der Waals surface area contributed by atoms with Crippen LogP contribution in [0.15, 0.2) is 41.0 Å². The van der Waals surface area contributed by atoms with Gasteiger partial charge in [-0.05, 0) is 40.2 Å². The van der Waals surface area contributed by atoms with Crippen molar-refractivity contribution in [1.82, 2.24) is 4.98 Å². The number of benzene rings is 1. The number of rotatable bonds is 4. The molecule has 4 nitrogen and oxygen atoms in total. The molecule has 21 heavy (non-hydrogen) atoms. The van der Waals surface area contributed by atoms with Gasteiger partial charge < -0.3 is 15.2 Å². The first-order valence-electron chi connectivity index (χ1n) is 5.76. The lowest BCUT2D eigenvalue weighted by atomic mass is 10.2. The van der Waals surface area contributed by atoms with E-state index in [9.17, 15) is 13.2 Å². The molecule has 2 aromatic rings. The lowest BCUT2D eigenvalue weighted by Crippen LogP contribution is -2.17. The Balaban J connectivity index is 2.21. The van der Waals surface area contributed by atoms with Gasteiger partial charge in [0.15, 0.2) is 0 Å². The highest BCUT2D eigenvalue weighted by Crippen LogP contribution is 2.34. The number of nitrogens with two attached hydrogens (primary N) is 1. The number of ether oxygens (including phenoxy) is 2. The Kier molecular flexibility index (Phi) is 4.69. The summed E-state index contributed by atoms with van der Waals surface area (Å²) in [5, 5.41) is 0. The van der Waals surface area contributed by atoms with Crippen LogP contribution in [0.3, 0.4) is 0 Å². The highest BCUT2D eigenvalue weighted by atomic mass is 79.9. The third kappa shape index (κ3) is 4.33. The minimum atomic E-state index is -4.75. The van der Waals surface area contributed by atoms with E-state index >= 15 is 0 Å². The molecule has 1 heterocycles. The molecule has 8 heteroatoms. The molecule has 0 amide bonds. The SMILES string of the molecule is NCc1cccnc1Oc1ccc(OC(F)(F)F)c(Br)c1. The number of pyridine rings is 1. The monoisotopic (exact) mass is 362 g/mol. The Morgan fingerprint density at radius 3 is 2.62 bits per heavy atom. The fourth-order valence-corrected chi connectivity index (χ4v) is 1.97. The zero-order valence-electron chi connectivity index (χ0n) is 10.5. The highest BCUT2D eigenvalue weighted by molar-refractivity contribution is 9.10. The van der Waals surface area contributed by atoms with E-state index in [1.807, 2.05) is 0 Å². The number of alkyl halides is 3. The van der Waals surface area contributed by atoms with E-state index in [4.69, 9.17) is 10.5 Å². The zero-order valence-corrected chi connectivity index (χ0v) is 12.1. The molecule has 1 aromatic heterocycles. The molecular weight excluding hydrogens is 353 g/mol. The van der Waals surface area contributed by atoms with Gasteiger partial charge in [0.05, 0.1) is 4.47 Å². The van der Waals surface area contributed by atoms with Crippen molar-refractivity contribution in [1.29, 1.82) is 0 Å². The van der Waals surface area contributed by atoms with Crippen LogP contribution in [-0.4, -0.2) is 11.3 Å². The van der Waals surface area contributed by atoms with Crippen molar-refractivity contribution in [2.24, 2.45) is 5.73 Å². The number of hydrogen-bond acceptors (Lipinski definition) is 4. The molecule has 0 radical (unpaired) electrons. The van der Waals surface area contributed by atoms with Crippen molar-refractivity contribution < 1.29 is 22.6 Å². The van der Waals surface area contributed by atoms with Crippen molar-refractivity contribution >= 4 is 15.9 Å². The van der Waals surface area contributed by atoms with Crippen molar-refractivity contribution in [3.63, 3.8) is 0 Å². The van der Waals surface area contributed by atoms with Gasteiger partial charge in [0.25, 0.3) is 0 Å². The summed E-state index contributed by atoms with van der Waals surface area (Å²) in [4.78, 5) is 4.03. The number of halogens is 4. The molecule has 2 N–H and O–H groups in total. The lowest BCUT2D eigenvalue weighted by Gasteiger charge is -2.12. The quantitative estimate of drug-likeness (QED) is 0.893. The third-order valence-corrected chi connectivity index (χ3v) is 3.03. The first kappa shape index (κ1) is 15.6. The average Bonchev–Trinajstić information content (AvgIpc) is 2.41. The normalized spacial score (nSPS) is 11.3. The summed E-state index contributed by atoms with van der Waals surface area (Å²) in [6.07, 6.45) is -3.22. The van der Waals surface area contributed by atoms with Crippen molar-refractivity contribution in [2.45, 2.75) is 12.9 Å². The molecule has 0 spiro atoms. The predicted molar refractivity (Wildman–Crippen MR) is 73.0 cm³/mol. The Bertz CT molecular complexity index is 635. The van der Waals surface area contributed by atoms with Crippen LogP contribution in [0, 0.1) is 0 Å². The highest BCUT2D eigenvalue weighted by Gasteiger charge is 2.32. The van der Waals surface area contributed by atoms with E-state index in [0.717, 1.165) is 6.07 Å². The zero-order chi connectivity index (χ0) is 15.5. The molecule has 0 aliphatic heterocycles. The average molecular weight is 363 g/mol. The summed E-state index contributed by atoms with van der Waals surface area (Å²) in [5.74, 6) is 0.260. The molecule has 0 aliphatic rings. The van der Waals surface area contributed by atoms with Crippen LogP contribution in [-0.2, 0) is 6.54 Å². The maximum absolute atomic E-state index is 12.2. The molecular formula is C13H10BrF3N2O2. The molecule has 0 atom stereocenters. The molecule has 0 bridgehead atoms. The van der Waals surface area contributed by atoms with Crippen LogP contribution < -0.4 is 15.2 Å². The Morgan fingerprint density at radius 2 is 2.00 bits per heavy atom. The Morgan fingerprint density at radius 1 is 1.24 bits per heavy atom. The van der Waals surface area contributed by atoms with Gasteiger partial charge in [-0.15, -0.1) is 13.2 Å². The first-order valence-corrected chi connectivity index (χ1v) is 6.55. The second kappa shape index (κ2) is 6.31. The second-order valence-corrected chi connectivity index (χ2v) is 4.77. The smallest absolute Gasteiger partial charge is 0.439 e. The number of aromatic nitrogens is 1. The van der Waals surface area contributed by atoms with E-state index in [1.165, 1.54) is 18.3 Å². The van der Waals surface area contributed by atoms with E-state index in [-0.39, 0.29) is 16.8 Å². The third-order valence-electron chi connectivity index (χ3n) is 2.41. The van der Waals surface area contributed by atoms with Gasteiger partial charge in [-0.1, -0.05) is 6.07 Å². The van der Waals surface area contributed by atoms with Gasteiger partial charge in [0, 0.05) is 18.3 Å². The van der Waals surface area contributed by atoms with Crippen molar-refractivity contribution in [3.05, 3.63) is 46.6 Å². The van der Waals surface area contributed by atoms with Gasteiger partial charge in [0.2, 0.25) is 5.88 Å². The van der Waals surface area contributed by atoms with Crippen LogP contribution in [0.25, 0.3) is 0 Å². The summed E-state index contributed by atoms with van der Waals surface area (Å²) < 4.78 is 46.0. The molecule has 2 rings (SSSR count). The summed E-state index contributed by atoms with van der Waals surface area (Å²) in [6.45, 7) is 0.236. The van der Waals surface area contributed by atoms with Gasteiger partial charge in [0.1, 0.15) is 11.5 Å². The van der Waals surface area contributed by atoms with Gasteiger partial charge >= 0.3 is 6.36 Å². The maximum atomic E-state index is 12.2. The second-order valence-electron chi connectivity index (χ2n) is 3.91. The van der Waals surface area contributed by atoms with Crippen LogP contribution in [0.4, 0.5) is 13.2 Å². The summed E-state index contributed by atoms with van der Waals surface area (Å²) in [6, 6.07) is 7.32. The molecule has 1 aromatic carbocycles. The fraction of sp³-hybridized carbons (Fsp3) is 0.154. The number of nitrogens with zero attached hydrogens (tertiary/aromatic N) is 1. The van der Waals surface area contributed by atoms with Crippen LogP contribution >= 0.6 is 15.9 Å². The minimum Gasteiger partial charge on any atom is -0.439 e. The standard InChI is InChI=1S/C13H10BrF3N2O2/c14-10-6-9(3-4-11(10)21-13(15,16)17)20-12-8(7-18)2-1-5-19-12/h1-6H,7,18H2. The topological polar surface area (TPSA) is 57.4 Å². The van der Waals surface area contributed by atoms with Gasteiger partial charge in [-0.3, -0.25) is 0 Å². The largest absolute Gasteiger partial charge is 0.573 e. The first-order chi connectivity index (χ1) is 9.89. The minimum absolute atomic E-state index is 0.113. The summed E-state index contributed by atoms with van der Waals surface area (Å²) >= 11 is 3.00. The summed E-state index contributed by atoms with van der Waals surface area (Å²) in [5.41, 5.74) is 6.24. The summed E-state index contributed by atoms with van der Waals surface area (Å²) in [7, 11) is 0. The van der Waals surface area contributed by atoms with Gasteiger partial charge in [-0.25, -0.2) is 4.98 Å².